The number of aryl methyl sites for hydroxylation is 2. The summed E-state index contributed by atoms with van der Waals surface area (Å²) in [6, 6.07) is 6.37. The number of rotatable bonds is 4. The van der Waals surface area contributed by atoms with Crippen LogP contribution in [-0.2, 0) is 13.0 Å². The Labute approximate surface area is 104 Å². The minimum Gasteiger partial charge on any atom is -0.396 e. The second-order valence-electron chi connectivity index (χ2n) is 3.94. The number of halogens is 1. The maximum atomic E-state index is 8.89. The van der Waals surface area contributed by atoms with Crippen LogP contribution in [0.3, 0.4) is 0 Å². The Morgan fingerprint density at radius 2 is 2.19 bits per heavy atom. The van der Waals surface area contributed by atoms with Gasteiger partial charge in [0, 0.05) is 34.7 Å². The molecule has 1 aromatic heterocycles. The fourth-order valence-electron chi connectivity index (χ4n) is 2.05. The molecule has 0 aliphatic heterocycles. The minimum atomic E-state index is 0.248. The molecule has 0 spiro atoms. The molecule has 0 unspecified atom stereocenters. The van der Waals surface area contributed by atoms with Crippen LogP contribution >= 0.6 is 15.9 Å². The van der Waals surface area contributed by atoms with Crippen molar-refractivity contribution in [3.05, 3.63) is 34.4 Å². The van der Waals surface area contributed by atoms with Crippen molar-refractivity contribution in [2.75, 3.05) is 6.61 Å². The first-order chi connectivity index (χ1) is 7.76. The summed E-state index contributed by atoms with van der Waals surface area (Å²) in [6.45, 7) is 3.30. The van der Waals surface area contributed by atoms with Crippen molar-refractivity contribution in [2.24, 2.45) is 0 Å². The summed E-state index contributed by atoms with van der Waals surface area (Å²) in [5, 5.41) is 10.2. The summed E-state index contributed by atoms with van der Waals surface area (Å²) < 4.78 is 3.35. The zero-order valence-corrected chi connectivity index (χ0v) is 11.0. The molecule has 0 aliphatic rings. The van der Waals surface area contributed by atoms with Crippen molar-refractivity contribution < 1.29 is 5.11 Å². The van der Waals surface area contributed by atoms with Gasteiger partial charge in [-0.15, -0.1) is 0 Å². The van der Waals surface area contributed by atoms with Crippen LogP contribution in [0, 0.1) is 0 Å². The SMILES string of the molecule is CCc1cn(CCCO)c2ccc(Br)cc12. The Morgan fingerprint density at radius 1 is 1.38 bits per heavy atom. The zero-order valence-electron chi connectivity index (χ0n) is 9.41. The molecule has 2 nitrogen and oxygen atoms in total. The molecule has 0 amide bonds. The lowest BCUT2D eigenvalue weighted by Crippen LogP contribution is -1.98. The summed E-state index contributed by atoms with van der Waals surface area (Å²) in [6.07, 6.45) is 4.05. The zero-order chi connectivity index (χ0) is 11.5. The lowest BCUT2D eigenvalue weighted by Gasteiger charge is -2.03. The average Bonchev–Trinajstić information content (AvgIpc) is 2.63. The van der Waals surface area contributed by atoms with Gasteiger partial charge in [0.15, 0.2) is 0 Å². The Bertz CT molecular complexity index is 490. The molecule has 3 heteroatoms. The van der Waals surface area contributed by atoms with Gasteiger partial charge in [-0.25, -0.2) is 0 Å². The third-order valence-electron chi connectivity index (χ3n) is 2.86. The van der Waals surface area contributed by atoms with Gasteiger partial charge in [-0.3, -0.25) is 0 Å². The van der Waals surface area contributed by atoms with E-state index in [1.54, 1.807) is 0 Å². The molecule has 0 atom stereocenters. The number of fused-ring (bicyclic) bond motifs is 1. The molecule has 0 radical (unpaired) electrons. The van der Waals surface area contributed by atoms with Crippen LogP contribution in [-0.4, -0.2) is 16.3 Å². The van der Waals surface area contributed by atoms with Crippen LogP contribution in [0.2, 0.25) is 0 Å². The lowest BCUT2D eigenvalue weighted by molar-refractivity contribution is 0.280. The fourth-order valence-corrected chi connectivity index (χ4v) is 2.41. The van der Waals surface area contributed by atoms with Gasteiger partial charge in [0.05, 0.1) is 0 Å². The largest absolute Gasteiger partial charge is 0.396 e. The summed E-state index contributed by atoms with van der Waals surface area (Å²) in [5.74, 6) is 0. The predicted octanol–water partition coefficient (Wildman–Crippen LogP) is 3.35. The van der Waals surface area contributed by atoms with Crippen molar-refractivity contribution in [3.63, 3.8) is 0 Å². The number of hydrogen-bond donors (Lipinski definition) is 1. The molecule has 1 heterocycles. The first-order valence-electron chi connectivity index (χ1n) is 5.64. The summed E-state index contributed by atoms with van der Waals surface area (Å²) >= 11 is 3.51. The number of aliphatic hydroxyl groups excluding tert-OH is 1. The lowest BCUT2D eigenvalue weighted by atomic mass is 10.1. The standard InChI is InChI=1S/C13H16BrNO/c1-2-10-9-15(6-3-7-16)13-5-4-11(14)8-12(10)13/h4-5,8-9,16H,2-3,6-7H2,1H3. The summed E-state index contributed by atoms with van der Waals surface area (Å²) in [5.41, 5.74) is 2.63. The molecule has 0 fully saturated rings. The van der Waals surface area contributed by atoms with Crippen molar-refractivity contribution >= 4 is 26.8 Å². The predicted molar refractivity (Wildman–Crippen MR) is 70.7 cm³/mol. The number of aliphatic hydroxyl groups is 1. The second kappa shape index (κ2) is 5.02. The molecule has 2 aromatic rings. The molecule has 0 saturated heterocycles. The van der Waals surface area contributed by atoms with Crippen molar-refractivity contribution in [2.45, 2.75) is 26.3 Å². The van der Waals surface area contributed by atoms with E-state index < -0.39 is 0 Å². The summed E-state index contributed by atoms with van der Waals surface area (Å²) in [4.78, 5) is 0. The van der Waals surface area contributed by atoms with Gasteiger partial charge in [0.25, 0.3) is 0 Å². The van der Waals surface area contributed by atoms with Gasteiger partial charge in [-0.1, -0.05) is 22.9 Å². The molecule has 1 aromatic carbocycles. The third kappa shape index (κ3) is 2.15. The van der Waals surface area contributed by atoms with Gasteiger partial charge in [-0.05, 0) is 36.6 Å². The van der Waals surface area contributed by atoms with E-state index in [4.69, 9.17) is 5.11 Å². The second-order valence-corrected chi connectivity index (χ2v) is 4.86. The van der Waals surface area contributed by atoms with Gasteiger partial charge in [-0.2, -0.15) is 0 Å². The quantitative estimate of drug-likeness (QED) is 0.914. The highest BCUT2D eigenvalue weighted by molar-refractivity contribution is 9.10. The number of nitrogens with zero attached hydrogens (tertiary/aromatic N) is 1. The Morgan fingerprint density at radius 3 is 2.88 bits per heavy atom. The van der Waals surface area contributed by atoms with Crippen LogP contribution < -0.4 is 0 Å². The highest BCUT2D eigenvalue weighted by Crippen LogP contribution is 2.25. The molecular formula is C13H16BrNO. The molecule has 1 N–H and O–H groups in total. The van der Waals surface area contributed by atoms with Crippen LogP contribution in [0.15, 0.2) is 28.9 Å². The molecule has 0 bridgehead atoms. The van der Waals surface area contributed by atoms with E-state index >= 15 is 0 Å². The molecule has 0 saturated carbocycles. The van der Waals surface area contributed by atoms with Crippen LogP contribution in [0.1, 0.15) is 18.9 Å². The van der Waals surface area contributed by atoms with Crippen LogP contribution in [0.5, 0.6) is 0 Å². The molecule has 86 valence electrons. The molecule has 0 aliphatic carbocycles. The number of hydrogen-bond acceptors (Lipinski definition) is 1. The minimum absolute atomic E-state index is 0.248. The maximum absolute atomic E-state index is 8.89. The third-order valence-corrected chi connectivity index (χ3v) is 3.36. The summed E-state index contributed by atoms with van der Waals surface area (Å²) in [7, 11) is 0. The number of aromatic nitrogens is 1. The smallest absolute Gasteiger partial charge is 0.0483 e. The van der Waals surface area contributed by atoms with E-state index in [2.05, 4.69) is 51.8 Å². The van der Waals surface area contributed by atoms with Gasteiger partial charge >= 0.3 is 0 Å². The monoisotopic (exact) mass is 281 g/mol. The average molecular weight is 282 g/mol. The normalized spacial score (nSPS) is 11.2. The Hall–Kier alpha value is -0.800. The van der Waals surface area contributed by atoms with Gasteiger partial charge in [0.2, 0.25) is 0 Å². The van der Waals surface area contributed by atoms with Gasteiger partial charge in [0.1, 0.15) is 0 Å². The molecule has 16 heavy (non-hydrogen) atoms. The first kappa shape index (κ1) is 11.7. The first-order valence-corrected chi connectivity index (χ1v) is 6.43. The van der Waals surface area contributed by atoms with E-state index in [0.29, 0.717) is 0 Å². The topological polar surface area (TPSA) is 25.2 Å². The maximum Gasteiger partial charge on any atom is 0.0483 e. The van der Waals surface area contributed by atoms with E-state index in [1.807, 2.05) is 0 Å². The van der Waals surface area contributed by atoms with Crippen LogP contribution in [0.4, 0.5) is 0 Å². The number of benzene rings is 1. The highest BCUT2D eigenvalue weighted by atomic mass is 79.9. The Kier molecular flexibility index (Phi) is 3.66. The highest BCUT2D eigenvalue weighted by Gasteiger charge is 2.07. The molecule has 2 rings (SSSR count). The van der Waals surface area contributed by atoms with E-state index in [9.17, 15) is 0 Å². The van der Waals surface area contributed by atoms with Crippen molar-refractivity contribution in [1.29, 1.82) is 0 Å². The van der Waals surface area contributed by atoms with Crippen molar-refractivity contribution in [3.8, 4) is 0 Å². The van der Waals surface area contributed by atoms with Crippen molar-refractivity contribution in [1.82, 2.24) is 4.57 Å². The fraction of sp³-hybridized carbons (Fsp3) is 0.385. The van der Waals surface area contributed by atoms with Crippen LogP contribution in [0.25, 0.3) is 10.9 Å². The van der Waals surface area contributed by atoms with E-state index in [-0.39, 0.29) is 6.61 Å². The van der Waals surface area contributed by atoms with Gasteiger partial charge < -0.3 is 9.67 Å². The van der Waals surface area contributed by atoms with E-state index in [1.165, 1.54) is 16.5 Å². The Balaban J connectivity index is 2.50. The molecular weight excluding hydrogens is 266 g/mol. The van der Waals surface area contributed by atoms with E-state index in [0.717, 1.165) is 23.9 Å².